The number of carbonyl (C=O) groups is 2. The second-order valence-corrected chi connectivity index (χ2v) is 7.44. The molecule has 0 radical (unpaired) electrons. The average molecular weight is 496 g/mol. The van der Waals surface area contributed by atoms with E-state index in [1.165, 1.54) is 47.2 Å². The number of alkyl halides is 3. The van der Waals surface area contributed by atoms with E-state index in [1.807, 2.05) is 0 Å². The molecule has 2 aromatic carbocycles. The highest BCUT2D eigenvalue weighted by Gasteiger charge is 2.35. The number of amides is 2. The zero-order valence-corrected chi connectivity index (χ0v) is 19.0. The van der Waals surface area contributed by atoms with Crippen LogP contribution < -0.4 is 15.0 Å². The van der Waals surface area contributed by atoms with Crippen molar-refractivity contribution in [2.45, 2.75) is 19.1 Å². The van der Waals surface area contributed by atoms with Crippen LogP contribution in [-0.2, 0) is 6.18 Å². The van der Waals surface area contributed by atoms with Gasteiger partial charge in [-0.1, -0.05) is 6.07 Å². The topological polar surface area (TPSA) is 76.5 Å². The molecular formula is C22H20F4N4O3S. The average Bonchev–Trinajstić information content (AvgIpc) is 3.20. The molecule has 0 saturated heterocycles. The molecule has 34 heavy (non-hydrogen) atoms. The van der Waals surface area contributed by atoms with Crippen LogP contribution in [0.3, 0.4) is 0 Å². The van der Waals surface area contributed by atoms with Crippen LogP contribution in [0.15, 0.2) is 48.7 Å². The Balaban J connectivity index is 0.00000324. The third-order valence-electron chi connectivity index (χ3n) is 5.28. The minimum Gasteiger partial charge on any atom is -0.493 e. The number of fused-ring (bicyclic) bond motifs is 1. The summed E-state index contributed by atoms with van der Waals surface area (Å²) in [5.74, 6) is -2.23. The molecule has 1 N–H and O–H groups in total. The molecule has 0 aliphatic carbocycles. The first-order chi connectivity index (χ1) is 15.6. The lowest BCUT2D eigenvalue weighted by Gasteiger charge is -2.32. The van der Waals surface area contributed by atoms with E-state index in [-0.39, 0.29) is 54.5 Å². The van der Waals surface area contributed by atoms with Gasteiger partial charge in [-0.2, -0.15) is 31.8 Å². The van der Waals surface area contributed by atoms with Gasteiger partial charge in [-0.3, -0.25) is 14.3 Å². The number of benzene rings is 2. The Morgan fingerprint density at radius 2 is 1.85 bits per heavy atom. The van der Waals surface area contributed by atoms with Gasteiger partial charge in [0.25, 0.3) is 11.8 Å². The molecule has 1 aliphatic rings. The summed E-state index contributed by atoms with van der Waals surface area (Å²) in [5, 5.41) is 6.72. The summed E-state index contributed by atoms with van der Waals surface area (Å²) in [4.78, 5) is 27.3. The summed E-state index contributed by atoms with van der Waals surface area (Å²) in [6, 6.07) is 7.77. The van der Waals surface area contributed by atoms with Crippen LogP contribution >= 0.6 is 13.5 Å². The third kappa shape index (κ3) is 4.45. The van der Waals surface area contributed by atoms with E-state index < -0.39 is 29.4 Å². The van der Waals surface area contributed by atoms with Crippen molar-refractivity contribution >= 4 is 36.7 Å². The second kappa shape index (κ2) is 9.37. The van der Waals surface area contributed by atoms with Crippen molar-refractivity contribution in [3.05, 3.63) is 71.3 Å². The molecule has 1 atom stereocenters. The van der Waals surface area contributed by atoms with E-state index in [4.69, 9.17) is 4.74 Å². The lowest BCUT2D eigenvalue weighted by Crippen LogP contribution is -2.43. The summed E-state index contributed by atoms with van der Waals surface area (Å²) in [6.45, 7) is 1.95. The number of nitrogens with one attached hydrogen (secondary N) is 1. The Morgan fingerprint density at radius 1 is 1.18 bits per heavy atom. The number of nitrogens with zero attached hydrogens (tertiary/aromatic N) is 3. The summed E-state index contributed by atoms with van der Waals surface area (Å²) in [7, 11) is 1.23. The first-order valence-electron chi connectivity index (χ1n) is 9.82. The monoisotopic (exact) mass is 496 g/mol. The maximum absolute atomic E-state index is 14.0. The fourth-order valence-electron chi connectivity index (χ4n) is 3.69. The van der Waals surface area contributed by atoms with Crippen molar-refractivity contribution in [2.24, 2.45) is 0 Å². The minimum absolute atomic E-state index is 0. The summed E-state index contributed by atoms with van der Waals surface area (Å²) < 4.78 is 59.0. The number of hydrogen-bond acceptors (Lipinski definition) is 4. The number of hydrogen-bond donors (Lipinski definition) is 1. The van der Waals surface area contributed by atoms with Gasteiger partial charge in [-0.15, -0.1) is 0 Å². The number of halogens is 4. The van der Waals surface area contributed by atoms with E-state index >= 15 is 0 Å². The number of anilines is 2. The Labute approximate surface area is 198 Å². The fraction of sp³-hybridized carbons (Fsp3) is 0.227. The van der Waals surface area contributed by atoms with Gasteiger partial charge in [0.05, 0.1) is 36.2 Å². The van der Waals surface area contributed by atoms with Gasteiger partial charge in [0, 0.05) is 12.2 Å². The number of methoxy groups -OCH3 is 1. The molecule has 4 rings (SSSR count). The van der Waals surface area contributed by atoms with Crippen molar-refractivity contribution < 1.29 is 31.9 Å². The molecular weight excluding hydrogens is 476 g/mol. The molecule has 1 aliphatic heterocycles. The van der Waals surface area contributed by atoms with Gasteiger partial charge in [-0.25, -0.2) is 4.39 Å². The highest BCUT2D eigenvalue weighted by Crippen LogP contribution is 2.34. The van der Waals surface area contributed by atoms with Gasteiger partial charge in [0.1, 0.15) is 0 Å². The largest absolute Gasteiger partial charge is 0.493 e. The summed E-state index contributed by atoms with van der Waals surface area (Å²) in [6.07, 6.45) is -3.20. The van der Waals surface area contributed by atoms with Gasteiger partial charge < -0.3 is 15.0 Å². The maximum Gasteiger partial charge on any atom is 0.416 e. The number of ether oxygens (including phenoxy) is 1. The van der Waals surface area contributed by atoms with Gasteiger partial charge >= 0.3 is 6.18 Å². The maximum atomic E-state index is 14.0. The molecule has 0 spiro atoms. The third-order valence-corrected chi connectivity index (χ3v) is 5.28. The van der Waals surface area contributed by atoms with E-state index in [1.54, 1.807) is 6.92 Å². The number of para-hydroxylation sites is 1. The SMILES string of the molecule is COc1c(F)cccc1C(=O)Nc1cnn2c1C(=O)N(c1ccc(C(F)(F)F)cc1)C[C@@H]2C.S. The molecule has 1 aromatic heterocycles. The number of rotatable bonds is 4. The molecule has 2 amide bonds. The van der Waals surface area contributed by atoms with E-state index in [0.29, 0.717) is 0 Å². The Morgan fingerprint density at radius 3 is 2.47 bits per heavy atom. The van der Waals surface area contributed by atoms with Crippen molar-refractivity contribution in [2.75, 3.05) is 23.9 Å². The first-order valence-corrected chi connectivity index (χ1v) is 9.82. The zero-order chi connectivity index (χ0) is 23.9. The molecule has 0 bridgehead atoms. The second-order valence-electron chi connectivity index (χ2n) is 7.44. The predicted octanol–water partition coefficient (Wildman–Crippen LogP) is 4.64. The van der Waals surface area contributed by atoms with E-state index in [0.717, 1.165) is 18.2 Å². The zero-order valence-electron chi connectivity index (χ0n) is 18.0. The van der Waals surface area contributed by atoms with Crippen LogP contribution in [0, 0.1) is 5.82 Å². The van der Waals surface area contributed by atoms with E-state index in [9.17, 15) is 27.2 Å². The van der Waals surface area contributed by atoms with Crippen LogP contribution in [0.1, 0.15) is 39.4 Å². The Hall–Kier alpha value is -3.54. The number of aromatic nitrogens is 2. The lowest BCUT2D eigenvalue weighted by atomic mass is 10.1. The standard InChI is InChI=1S/C22H18F4N4O3.H2S/c1-12-11-29(14-8-6-13(7-9-14)22(24,25)26)21(32)18-17(10-27-30(12)18)28-20(31)15-4-3-5-16(23)19(15)33-2;/h3-10,12H,11H2,1-2H3,(H,28,31);1H2/t12-;/m0./s1. The summed E-state index contributed by atoms with van der Waals surface area (Å²) in [5.41, 5.74) is -0.493. The van der Waals surface area contributed by atoms with Crippen LogP contribution in [0.25, 0.3) is 0 Å². The van der Waals surface area contributed by atoms with Crippen LogP contribution in [-0.4, -0.2) is 35.2 Å². The molecule has 0 unspecified atom stereocenters. The van der Waals surface area contributed by atoms with Crippen molar-refractivity contribution in [3.8, 4) is 5.75 Å². The normalized spacial score (nSPS) is 15.4. The van der Waals surface area contributed by atoms with Crippen molar-refractivity contribution in [1.82, 2.24) is 9.78 Å². The van der Waals surface area contributed by atoms with Crippen LogP contribution in [0.5, 0.6) is 5.75 Å². The lowest BCUT2D eigenvalue weighted by molar-refractivity contribution is -0.137. The number of carbonyl (C=O) groups excluding carboxylic acids is 2. The molecule has 2 heterocycles. The minimum atomic E-state index is -4.49. The molecule has 7 nitrogen and oxygen atoms in total. The highest BCUT2D eigenvalue weighted by molar-refractivity contribution is 7.59. The molecule has 12 heteroatoms. The molecule has 3 aromatic rings. The van der Waals surface area contributed by atoms with Crippen molar-refractivity contribution in [3.63, 3.8) is 0 Å². The summed E-state index contributed by atoms with van der Waals surface area (Å²) >= 11 is 0. The predicted molar refractivity (Wildman–Crippen MR) is 121 cm³/mol. The molecule has 180 valence electrons. The van der Waals surface area contributed by atoms with Gasteiger partial charge in [-0.05, 0) is 43.3 Å². The molecule has 0 saturated carbocycles. The Kier molecular flexibility index (Phi) is 6.92. The van der Waals surface area contributed by atoms with Crippen LogP contribution in [0.4, 0.5) is 28.9 Å². The van der Waals surface area contributed by atoms with Crippen molar-refractivity contribution in [1.29, 1.82) is 0 Å². The fourth-order valence-corrected chi connectivity index (χ4v) is 3.69. The van der Waals surface area contributed by atoms with Crippen LogP contribution in [0.2, 0.25) is 0 Å². The smallest absolute Gasteiger partial charge is 0.416 e. The Bertz CT molecular complexity index is 1230. The first kappa shape index (κ1) is 25.1. The van der Waals surface area contributed by atoms with E-state index in [2.05, 4.69) is 10.4 Å². The quantitative estimate of drug-likeness (QED) is 0.534. The van der Waals surface area contributed by atoms with Gasteiger partial charge in [0.15, 0.2) is 17.3 Å². The van der Waals surface area contributed by atoms with Gasteiger partial charge in [0.2, 0.25) is 0 Å². The molecule has 0 fully saturated rings. The highest BCUT2D eigenvalue weighted by atomic mass is 32.1.